The van der Waals surface area contributed by atoms with Crippen LogP contribution in [0.25, 0.3) is 0 Å². The normalized spacial score (nSPS) is 29.0. The maximum atomic E-state index is 13.8. The van der Waals surface area contributed by atoms with Crippen molar-refractivity contribution in [3.8, 4) is 0 Å². The molecule has 5 heteroatoms. The molecule has 3 nitrogen and oxygen atoms in total. The third-order valence-corrected chi connectivity index (χ3v) is 5.35. The summed E-state index contributed by atoms with van der Waals surface area (Å²) in [7, 11) is 0. The van der Waals surface area contributed by atoms with Crippen molar-refractivity contribution < 1.29 is 9.18 Å². The van der Waals surface area contributed by atoms with Gasteiger partial charge in [-0.05, 0) is 37.3 Å². The van der Waals surface area contributed by atoms with Crippen LogP contribution in [0.3, 0.4) is 0 Å². The van der Waals surface area contributed by atoms with Gasteiger partial charge in [-0.25, -0.2) is 4.39 Å². The van der Waals surface area contributed by atoms with Crippen LogP contribution in [-0.2, 0) is 4.79 Å². The summed E-state index contributed by atoms with van der Waals surface area (Å²) in [5.74, 6) is 0.749. The first kappa shape index (κ1) is 13.9. The lowest BCUT2D eigenvalue weighted by atomic mass is 10.0. The minimum absolute atomic E-state index is 0.0246. The number of hydrogen-bond donors (Lipinski definition) is 2. The topological polar surface area (TPSA) is 55.1 Å². The van der Waals surface area contributed by atoms with Crippen molar-refractivity contribution in [1.29, 1.82) is 0 Å². The number of nitrogens with one attached hydrogen (secondary N) is 1. The number of amides is 1. The number of rotatable bonds is 2. The molecule has 0 aromatic heterocycles. The molecule has 1 aromatic rings. The minimum Gasteiger partial charge on any atom is -0.349 e. The highest BCUT2D eigenvalue weighted by Crippen LogP contribution is 2.38. The summed E-state index contributed by atoms with van der Waals surface area (Å²) in [6.45, 7) is 0. The SMILES string of the molecule is NC1CCC(C(=O)NC2CCSc3c(F)cccc32)C1. The predicted octanol–water partition coefficient (Wildman–Crippen LogP) is 2.61. The molecule has 2 aliphatic rings. The van der Waals surface area contributed by atoms with E-state index in [9.17, 15) is 9.18 Å². The van der Waals surface area contributed by atoms with Crippen molar-refractivity contribution in [2.45, 2.75) is 42.7 Å². The van der Waals surface area contributed by atoms with Crippen LogP contribution in [0, 0.1) is 11.7 Å². The third-order valence-electron chi connectivity index (χ3n) is 4.19. The van der Waals surface area contributed by atoms with Gasteiger partial charge in [-0.1, -0.05) is 12.1 Å². The van der Waals surface area contributed by atoms with E-state index in [-0.39, 0.29) is 29.7 Å². The van der Waals surface area contributed by atoms with E-state index in [1.807, 2.05) is 6.07 Å². The maximum absolute atomic E-state index is 13.8. The standard InChI is InChI=1S/C15H19FN2OS/c16-12-3-1-2-11-13(6-7-20-14(11)12)18-15(19)9-4-5-10(17)8-9/h1-3,9-10,13H,4-8,17H2,(H,18,19). The highest BCUT2D eigenvalue weighted by Gasteiger charge is 2.31. The Kier molecular flexibility index (Phi) is 3.98. The molecule has 1 fully saturated rings. The first-order chi connectivity index (χ1) is 9.65. The molecule has 0 saturated heterocycles. The number of benzene rings is 1. The summed E-state index contributed by atoms with van der Waals surface area (Å²) in [5, 5.41) is 3.09. The van der Waals surface area contributed by atoms with Crippen molar-refractivity contribution in [3.05, 3.63) is 29.6 Å². The molecule has 0 radical (unpaired) electrons. The number of nitrogens with two attached hydrogens (primary N) is 1. The monoisotopic (exact) mass is 294 g/mol. The van der Waals surface area contributed by atoms with Crippen LogP contribution in [0.2, 0.25) is 0 Å². The summed E-state index contributed by atoms with van der Waals surface area (Å²) in [6.07, 6.45) is 3.41. The zero-order valence-corrected chi connectivity index (χ0v) is 12.1. The van der Waals surface area contributed by atoms with Crippen LogP contribution in [0.5, 0.6) is 0 Å². The second-order valence-electron chi connectivity index (χ2n) is 5.63. The number of halogens is 1. The lowest BCUT2D eigenvalue weighted by Crippen LogP contribution is -2.35. The molecule has 3 unspecified atom stereocenters. The quantitative estimate of drug-likeness (QED) is 0.881. The van der Waals surface area contributed by atoms with Gasteiger partial charge in [0.25, 0.3) is 0 Å². The fourth-order valence-corrected chi connectivity index (χ4v) is 4.22. The van der Waals surface area contributed by atoms with Gasteiger partial charge < -0.3 is 11.1 Å². The summed E-state index contributed by atoms with van der Waals surface area (Å²) in [4.78, 5) is 13.0. The van der Waals surface area contributed by atoms with Crippen molar-refractivity contribution in [1.82, 2.24) is 5.32 Å². The number of fused-ring (bicyclic) bond motifs is 1. The third kappa shape index (κ3) is 2.69. The molecule has 1 aliphatic carbocycles. The lowest BCUT2D eigenvalue weighted by Gasteiger charge is -2.27. The Bertz CT molecular complexity index is 523. The van der Waals surface area contributed by atoms with Gasteiger partial charge in [0.15, 0.2) is 0 Å². The van der Waals surface area contributed by atoms with Crippen molar-refractivity contribution in [2.24, 2.45) is 11.7 Å². The Morgan fingerprint density at radius 1 is 1.35 bits per heavy atom. The Hall–Kier alpha value is -1.07. The Morgan fingerprint density at radius 3 is 2.95 bits per heavy atom. The Morgan fingerprint density at radius 2 is 2.20 bits per heavy atom. The molecule has 3 rings (SSSR count). The van der Waals surface area contributed by atoms with Crippen molar-refractivity contribution in [3.63, 3.8) is 0 Å². The van der Waals surface area contributed by atoms with Gasteiger partial charge in [-0.15, -0.1) is 11.8 Å². The van der Waals surface area contributed by atoms with E-state index in [0.717, 1.165) is 37.0 Å². The molecule has 1 aliphatic heterocycles. The molecular formula is C15H19FN2OS. The van der Waals surface area contributed by atoms with E-state index < -0.39 is 0 Å². The van der Waals surface area contributed by atoms with Crippen LogP contribution in [0.1, 0.15) is 37.3 Å². The van der Waals surface area contributed by atoms with Gasteiger partial charge in [-0.3, -0.25) is 4.79 Å². The summed E-state index contributed by atoms with van der Waals surface area (Å²) in [5.41, 5.74) is 6.77. The van der Waals surface area contributed by atoms with E-state index in [0.29, 0.717) is 4.90 Å². The second kappa shape index (κ2) is 5.74. The van der Waals surface area contributed by atoms with Gasteiger partial charge in [0.05, 0.1) is 6.04 Å². The molecule has 20 heavy (non-hydrogen) atoms. The molecule has 3 atom stereocenters. The van der Waals surface area contributed by atoms with Crippen molar-refractivity contribution in [2.75, 3.05) is 5.75 Å². The lowest BCUT2D eigenvalue weighted by molar-refractivity contribution is -0.125. The fourth-order valence-electron chi connectivity index (χ4n) is 3.08. The van der Waals surface area contributed by atoms with E-state index in [1.54, 1.807) is 6.07 Å². The van der Waals surface area contributed by atoms with Crippen LogP contribution >= 0.6 is 11.8 Å². The summed E-state index contributed by atoms with van der Waals surface area (Å²) < 4.78 is 13.8. The molecule has 0 spiro atoms. The molecule has 1 saturated carbocycles. The average Bonchev–Trinajstić information content (AvgIpc) is 2.87. The largest absolute Gasteiger partial charge is 0.349 e. The molecular weight excluding hydrogens is 275 g/mol. The summed E-state index contributed by atoms with van der Waals surface area (Å²) in [6, 6.07) is 5.19. The van der Waals surface area contributed by atoms with Crippen LogP contribution < -0.4 is 11.1 Å². The Labute approximate surface area is 122 Å². The van der Waals surface area contributed by atoms with Gasteiger partial charge in [0.2, 0.25) is 5.91 Å². The van der Waals surface area contributed by atoms with E-state index in [2.05, 4.69) is 5.32 Å². The van der Waals surface area contributed by atoms with Crippen LogP contribution in [-0.4, -0.2) is 17.7 Å². The molecule has 1 heterocycles. The number of hydrogen-bond acceptors (Lipinski definition) is 3. The number of thioether (sulfide) groups is 1. The van der Waals surface area contributed by atoms with Gasteiger partial charge in [0, 0.05) is 22.6 Å². The smallest absolute Gasteiger partial charge is 0.223 e. The molecule has 3 N–H and O–H groups in total. The van der Waals surface area contributed by atoms with Crippen LogP contribution in [0.4, 0.5) is 4.39 Å². The van der Waals surface area contributed by atoms with Crippen molar-refractivity contribution >= 4 is 17.7 Å². The molecule has 1 aromatic carbocycles. The number of carbonyl (C=O) groups is 1. The van der Waals surface area contributed by atoms with Gasteiger partial charge >= 0.3 is 0 Å². The highest BCUT2D eigenvalue weighted by molar-refractivity contribution is 7.99. The zero-order valence-electron chi connectivity index (χ0n) is 11.3. The minimum atomic E-state index is -0.186. The van der Waals surface area contributed by atoms with E-state index >= 15 is 0 Å². The first-order valence-electron chi connectivity index (χ1n) is 7.12. The first-order valence-corrected chi connectivity index (χ1v) is 8.11. The van der Waals surface area contributed by atoms with E-state index in [1.165, 1.54) is 17.8 Å². The Balaban J connectivity index is 1.73. The molecule has 108 valence electrons. The van der Waals surface area contributed by atoms with Gasteiger partial charge in [-0.2, -0.15) is 0 Å². The van der Waals surface area contributed by atoms with Gasteiger partial charge in [0.1, 0.15) is 5.82 Å². The molecule has 0 bridgehead atoms. The zero-order chi connectivity index (χ0) is 14.1. The van der Waals surface area contributed by atoms with Crippen LogP contribution in [0.15, 0.2) is 23.1 Å². The maximum Gasteiger partial charge on any atom is 0.223 e. The fraction of sp³-hybridized carbons (Fsp3) is 0.533. The predicted molar refractivity (Wildman–Crippen MR) is 77.9 cm³/mol. The molecule has 1 amide bonds. The van der Waals surface area contributed by atoms with E-state index in [4.69, 9.17) is 5.73 Å². The number of carbonyl (C=O) groups excluding carboxylic acids is 1. The average molecular weight is 294 g/mol. The summed E-state index contributed by atoms with van der Waals surface area (Å²) >= 11 is 1.53. The highest BCUT2D eigenvalue weighted by atomic mass is 32.2. The second-order valence-corrected chi connectivity index (χ2v) is 6.73.